The van der Waals surface area contributed by atoms with Crippen molar-refractivity contribution in [3.8, 4) is 0 Å². The molecule has 0 nitrogen and oxygen atoms in total. The lowest BCUT2D eigenvalue weighted by Gasteiger charge is -2.17. The van der Waals surface area contributed by atoms with E-state index in [1.165, 1.54) is 6.92 Å². The Balaban J connectivity index is 3.58. The van der Waals surface area contributed by atoms with E-state index in [0.29, 0.717) is 0 Å². The zero-order valence-electron chi connectivity index (χ0n) is 8.48. The summed E-state index contributed by atoms with van der Waals surface area (Å²) in [7, 11) is 0. The van der Waals surface area contributed by atoms with E-state index in [9.17, 15) is 22.0 Å². The summed E-state index contributed by atoms with van der Waals surface area (Å²) in [6.45, 7) is 1.44. The largest absolute Gasteiger partial charge is 0.203 e. The first-order chi connectivity index (χ1) is 7.82. The third-order valence-electron chi connectivity index (χ3n) is 2.24. The molecule has 0 spiro atoms. The van der Waals surface area contributed by atoms with Gasteiger partial charge in [-0.15, -0.1) is 0 Å². The summed E-state index contributed by atoms with van der Waals surface area (Å²) in [6.07, 6.45) is 0. The highest BCUT2D eigenvalue weighted by atomic mass is 32.1. The van der Waals surface area contributed by atoms with E-state index in [4.69, 9.17) is 0 Å². The van der Waals surface area contributed by atoms with E-state index in [1.807, 2.05) is 0 Å². The number of thiol groups is 1. The van der Waals surface area contributed by atoms with Crippen molar-refractivity contribution in [2.75, 3.05) is 0 Å². The number of halogens is 5. The highest BCUT2D eigenvalue weighted by Crippen LogP contribution is 2.31. The van der Waals surface area contributed by atoms with Crippen LogP contribution in [0.25, 0.3) is 0 Å². The molecule has 0 saturated heterocycles. The molecular weight excluding hydrogens is 279 g/mol. The quantitative estimate of drug-likeness (QED) is 0.290. The van der Waals surface area contributed by atoms with Crippen molar-refractivity contribution in [3.05, 3.63) is 34.6 Å². The Morgan fingerprint density at radius 1 is 0.941 bits per heavy atom. The maximum atomic E-state index is 13.4. The van der Waals surface area contributed by atoms with E-state index in [0.717, 1.165) is 5.37 Å². The predicted molar refractivity (Wildman–Crippen MR) is 61.1 cm³/mol. The first kappa shape index (κ1) is 14.4. The average molecular weight is 286 g/mol. The molecule has 94 valence electrons. The summed E-state index contributed by atoms with van der Waals surface area (Å²) in [5.41, 5.74) is -0.945. The van der Waals surface area contributed by atoms with Gasteiger partial charge in [0.1, 0.15) is 0 Å². The molecule has 1 rings (SSSR count). The fourth-order valence-electron chi connectivity index (χ4n) is 1.34. The second-order valence-corrected chi connectivity index (χ2v) is 4.47. The van der Waals surface area contributed by atoms with Gasteiger partial charge in [0.15, 0.2) is 23.3 Å². The molecule has 7 heteroatoms. The molecule has 0 heterocycles. The number of thiocarbonyl (C=S) groups is 1. The standard InChI is InChI=1S/C10H7F5S2/c1-3(17)4(2-16)5-6(11)8(13)10(15)9(14)7(5)12/h2-4,17H,1H3. The molecule has 1 aromatic carbocycles. The zero-order valence-corrected chi connectivity index (χ0v) is 10.2. The van der Waals surface area contributed by atoms with E-state index in [1.54, 1.807) is 0 Å². The Morgan fingerprint density at radius 2 is 1.29 bits per heavy atom. The molecule has 2 unspecified atom stereocenters. The number of hydrogen-bond acceptors (Lipinski definition) is 2. The van der Waals surface area contributed by atoms with Gasteiger partial charge >= 0.3 is 0 Å². The molecule has 0 N–H and O–H groups in total. The molecular formula is C10H7F5S2. The Morgan fingerprint density at radius 3 is 1.59 bits per heavy atom. The Labute approximate surface area is 105 Å². The fraction of sp³-hybridized carbons (Fsp3) is 0.300. The van der Waals surface area contributed by atoms with Crippen molar-refractivity contribution < 1.29 is 22.0 Å². The molecule has 0 saturated carbocycles. The summed E-state index contributed by atoms with van der Waals surface area (Å²) >= 11 is 8.43. The maximum Gasteiger partial charge on any atom is 0.200 e. The highest BCUT2D eigenvalue weighted by Gasteiger charge is 2.30. The van der Waals surface area contributed by atoms with Crippen LogP contribution in [0, 0.1) is 29.1 Å². The van der Waals surface area contributed by atoms with Gasteiger partial charge in [0.2, 0.25) is 5.82 Å². The normalized spacial score (nSPS) is 14.5. The van der Waals surface area contributed by atoms with Crippen LogP contribution >= 0.6 is 24.8 Å². The van der Waals surface area contributed by atoms with Gasteiger partial charge in [0.05, 0.1) is 0 Å². The van der Waals surface area contributed by atoms with Crippen LogP contribution in [0.15, 0.2) is 0 Å². The van der Waals surface area contributed by atoms with Crippen LogP contribution in [0.3, 0.4) is 0 Å². The Hall–Kier alpha value is -0.690. The van der Waals surface area contributed by atoms with Crippen LogP contribution < -0.4 is 0 Å². The van der Waals surface area contributed by atoms with Crippen molar-refractivity contribution in [2.24, 2.45) is 0 Å². The predicted octanol–water partition coefficient (Wildman–Crippen LogP) is 3.78. The van der Waals surface area contributed by atoms with Crippen molar-refractivity contribution in [1.82, 2.24) is 0 Å². The van der Waals surface area contributed by atoms with Gasteiger partial charge < -0.3 is 0 Å². The number of rotatable bonds is 3. The Kier molecular flexibility index (Phi) is 4.48. The summed E-state index contributed by atoms with van der Waals surface area (Å²) in [5.74, 6) is -11.0. The third-order valence-corrected chi connectivity index (χ3v) is 2.86. The first-order valence-electron chi connectivity index (χ1n) is 4.47. The molecule has 2 atom stereocenters. The van der Waals surface area contributed by atoms with E-state index in [2.05, 4.69) is 24.8 Å². The molecule has 0 aromatic heterocycles. The van der Waals surface area contributed by atoms with E-state index in [-0.39, 0.29) is 0 Å². The first-order valence-corrected chi connectivity index (χ1v) is 5.46. The van der Waals surface area contributed by atoms with Gasteiger partial charge in [-0.05, 0) is 5.37 Å². The molecule has 0 amide bonds. The second kappa shape index (κ2) is 5.30. The van der Waals surface area contributed by atoms with Gasteiger partial charge in [0.25, 0.3) is 0 Å². The lowest BCUT2D eigenvalue weighted by Crippen LogP contribution is -2.17. The summed E-state index contributed by atoms with van der Waals surface area (Å²) in [4.78, 5) is 0. The minimum Gasteiger partial charge on any atom is -0.203 e. The van der Waals surface area contributed by atoms with Gasteiger partial charge in [-0.1, -0.05) is 19.1 Å². The summed E-state index contributed by atoms with van der Waals surface area (Å²) < 4.78 is 65.4. The van der Waals surface area contributed by atoms with Crippen molar-refractivity contribution in [3.63, 3.8) is 0 Å². The zero-order chi connectivity index (χ0) is 13.3. The fourth-order valence-corrected chi connectivity index (χ4v) is 2.06. The second-order valence-electron chi connectivity index (χ2n) is 3.39. The van der Waals surface area contributed by atoms with E-state index < -0.39 is 45.8 Å². The monoisotopic (exact) mass is 286 g/mol. The molecule has 0 aliphatic rings. The van der Waals surface area contributed by atoms with Crippen LogP contribution in [0.2, 0.25) is 0 Å². The van der Waals surface area contributed by atoms with Crippen molar-refractivity contribution in [2.45, 2.75) is 18.1 Å². The van der Waals surface area contributed by atoms with Gasteiger partial charge in [0, 0.05) is 16.7 Å². The molecule has 1 aromatic rings. The smallest absolute Gasteiger partial charge is 0.200 e. The van der Waals surface area contributed by atoms with Gasteiger partial charge in [-0.2, -0.15) is 12.6 Å². The van der Waals surface area contributed by atoms with E-state index >= 15 is 0 Å². The molecule has 0 radical (unpaired) electrons. The summed E-state index contributed by atoms with van der Waals surface area (Å²) in [5, 5.41) is 0.247. The minimum absolute atomic E-state index is 0.680. The van der Waals surface area contributed by atoms with Crippen LogP contribution in [-0.4, -0.2) is 10.6 Å². The number of hydrogen-bond donors (Lipinski definition) is 1. The van der Waals surface area contributed by atoms with Crippen LogP contribution in [-0.2, 0) is 0 Å². The third kappa shape index (κ3) is 2.44. The highest BCUT2D eigenvalue weighted by molar-refractivity contribution is 7.81. The van der Waals surface area contributed by atoms with Crippen LogP contribution in [0.1, 0.15) is 18.4 Å². The van der Waals surface area contributed by atoms with Crippen molar-refractivity contribution in [1.29, 1.82) is 0 Å². The van der Waals surface area contributed by atoms with Crippen molar-refractivity contribution >= 4 is 30.2 Å². The summed E-state index contributed by atoms with van der Waals surface area (Å²) in [6, 6.07) is 0. The number of benzene rings is 1. The lowest BCUT2D eigenvalue weighted by atomic mass is 9.96. The molecule has 17 heavy (non-hydrogen) atoms. The minimum atomic E-state index is -2.18. The van der Waals surface area contributed by atoms with Crippen LogP contribution in [0.5, 0.6) is 0 Å². The molecule has 0 bridgehead atoms. The maximum absolute atomic E-state index is 13.4. The van der Waals surface area contributed by atoms with Gasteiger partial charge in [-0.3, -0.25) is 0 Å². The molecule has 0 fully saturated rings. The average Bonchev–Trinajstić information content (AvgIpc) is 2.29. The van der Waals surface area contributed by atoms with Crippen LogP contribution in [0.4, 0.5) is 22.0 Å². The van der Waals surface area contributed by atoms with Gasteiger partial charge in [-0.25, -0.2) is 22.0 Å². The topological polar surface area (TPSA) is 0 Å². The lowest BCUT2D eigenvalue weighted by molar-refractivity contribution is 0.368. The molecule has 0 aliphatic heterocycles. The SMILES string of the molecule is CC(S)C(C=S)c1c(F)c(F)c(F)c(F)c1F. The Bertz CT molecular complexity index is 429. The molecule has 0 aliphatic carbocycles.